The molecule has 0 saturated heterocycles. The van der Waals surface area contributed by atoms with Crippen LogP contribution in [0.15, 0.2) is 89.5 Å². The van der Waals surface area contributed by atoms with Crippen LogP contribution >= 0.6 is 0 Å². The van der Waals surface area contributed by atoms with E-state index in [1.54, 1.807) is 19.2 Å². The molecular weight excluding hydrogens is 460 g/mol. The number of benzene rings is 1. The molecule has 0 radical (unpaired) electrons. The van der Waals surface area contributed by atoms with Crippen molar-refractivity contribution in [3.05, 3.63) is 101 Å². The number of rotatable bonds is 7. The Hall–Kier alpha value is -3.16. The van der Waals surface area contributed by atoms with E-state index in [0.29, 0.717) is 5.57 Å². The Morgan fingerprint density at radius 2 is 1.89 bits per heavy atom. The standard InChI is InChI=1S/C16H18O3S.C12H16N2O/c1-12-11-15(9-10-16(12,3)20(17,18)19)13(2)14-7-5-4-6-8-14;1-2-3-4-8-14-9-6-10-5-7-13-12(15)11(10)14/h4-9,11H,2,10H2,1,3H3,(H,17,18,19);5-7,9H,2-4,8H2,1H3,(H,13,15). The molecule has 2 aromatic heterocycles. The van der Waals surface area contributed by atoms with E-state index in [-0.39, 0.29) is 12.0 Å². The second-order valence-electron chi connectivity index (χ2n) is 9.07. The normalized spacial score (nSPS) is 17.8. The smallest absolute Gasteiger partial charge is 0.274 e. The first-order valence-electron chi connectivity index (χ1n) is 11.9. The highest BCUT2D eigenvalue weighted by molar-refractivity contribution is 7.87. The lowest BCUT2D eigenvalue weighted by Crippen LogP contribution is -2.37. The van der Waals surface area contributed by atoms with Crippen molar-refractivity contribution in [2.75, 3.05) is 0 Å². The van der Waals surface area contributed by atoms with E-state index < -0.39 is 14.9 Å². The van der Waals surface area contributed by atoms with Gasteiger partial charge in [-0.15, -0.1) is 0 Å². The van der Waals surface area contributed by atoms with E-state index in [1.807, 2.05) is 59.3 Å². The van der Waals surface area contributed by atoms with Gasteiger partial charge in [0.15, 0.2) is 0 Å². The number of allylic oxidation sites excluding steroid dienone is 4. The van der Waals surface area contributed by atoms with Crippen molar-refractivity contribution in [1.29, 1.82) is 0 Å². The van der Waals surface area contributed by atoms with Gasteiger partial charge in [-0.05, 0) is 61.1 Å². The Balaban J connectivity index is 0.000000203. The number of aromatic nitrogens is 2. The number of pyridine rings is 1. The summed E-state index contributed by atoms with van der Waals surface area (Å²) in [7, 11) is -4.13. The van der Waals surface area contributed by atoms with Crippen LogP contribution in [-0.2, 0) is 16.7 Å². The number of aromatic amines is 1. The summed E-state index contributed by atoms with van der Waals surface area (Å²) in [6.45, 7) is 10.4. The van der Waals surface area contributed by atoms with E-state index in [9.17, 15) is 17.8 Å². The van der Waals surface area contributed by atoms with Gasteiger partial charge in [0.1, 0.15) is 10.3 Å². The summed E-state index contributed by atoms with van der Waals surface area (Å²) in [6, 6.07) is 13.7. The van der Waals surface area contributed by atoms with Crippen molar-refractivity contribution in [1.82, 2.24) is 9.55 Å². The summed E-state index contributed by atoms with van der Waals surface area (Å²) in [6.07, 6.45) is 11.1. The number of nitrogens with one attached hydrogen (secondary N) is 1. The zero-order valence-corrected chi connectivity index (χ0v) is 21.4. The lowest BCUT2D eigenvalue weighted by atomic mass is 9.86. The maximum Gasteiger partial charge on any atom is 0.274 e. The van der Waals surface area contributed by atoms with Crippen molar-refractivity contribution in [3.63, 3.8) is 0 Å². The fourth-order valence-electron chi connectivity index (χ4n) is 4.12. The van der Waals surface area contributed by atoms with Gasteiger partial charge in [-0.1, -0.05) is 68.8 Å². The Morgan fingerprint density at radius 1 is 1.17 bits per heavy atom. The highest BCUT2D eigenvalue weighted by Gasteiger charge is 2.40. The van der Waals surface area contributed by atoms with Gasteiger partial charge in [0.25, 0.3) is 15.7 Å². The molecule has 35 heavy (non-hydrogen) atoms. The topological polar surface area (TPSA) is 92.2 Å². The SMILES string of the molecule is C=C(C1=CCC(C)(S(=O)(=O)O)C(C)=C1)c1ccccc1.CCCCCn1ccc2cc[nH]c(=O)c21. The molecule has 2 N–H and O–H groups in total. The minimum atomic E-state index is -4.13. The minimum absolute atomic E-state index is 0.00833. The lowest BCUT2D eigenvalue weighted by Gasteiger charge is -2.30. The molecule has 1 aromatic carbocycles. The van der Waals surface area contributed by atoms with Crippen LogP contribution in [0.3, 0.4) is 0 Å². The summed E-state index contributed by atoms with van der Waals surface area (Å²) >= 11 is 0. The zero-order chi connectivity index (χ0) is 25.6. The molecule has 7 heteroatoms. The predicted molar refractivity (Wildman–Crippen MR) is 144 cm³/mol. The van der Waals surface area contributed by atoms with Gasteiger partial charge in [0.05, 0.1) is 0 Å². The number of aryl methyl sites for hydroxylation is 1. The number of fused-ring (bicyclic) bond motifs is 1. The van der Waals surface area contributed by atoms with Gasteiger partial charge in [0.2, 0.25) is 0 Å². The quantitative estimate of drug-likeness (QED) is 0.305. The number of hydrogen-bond acceptors (Lipinski definition) is 3. The highest BCUT2D eigenvalue weighted by Crippen LogP contribution is 2.37. The second-order valence-corrected chi connectivity index (χ2v) is 10.9. The second kappa shape index (κ2) is 11.1. The summed E-state index contributed by atoms with van der Waals surface area (Å²) in [5, 5.41) is 1.02. The zero-order valence-electron chi connectivity index (χ0n) is 20.6. The Bertz CT molecular complexity index is 1410. The van der Waals surface area contributed by atoms with E-state index in [1.165, 1.54) is 19.8 Å². The van der Waals surface area contributed by atoms with Gasteiger partial charge in [-0.2, -0.15) is 8.42 Å². The maximum atomic E-state index is 11.6. The Morgan fingerprint density at radius 3 is 2.51 bits per heavy atom. The number of hydrogen-bond donors (Lipinski definition) is 2. The van der Waals surface area contributed by atoms with E-state index >= 15 is 0 Å². The molecule has 1 unspecified atom stereocenters. The summed E-state index contributed by atoms with van der Waals surface area (Å²) in [5.41, 5.74) is 4.17. The van der Waals surface area contributed by atoms with Gasteiger partial charge in [0, 0.05) is 24.3 Å². The molecule has 1 atom stereocenters. The molecule has 0 spiro atoms. The number of H-pyrrole nitrogens is 1. The number of unbranched alkanes of at least 4 members (excludes halogenated alkanes) is 2. The minimum Gasteiger partial charge on any atom is -0.343 e. The monoisotopic (exact) mass is 494 g/mol. The van der Waals surface area contributed by atoms with Gasteiger partial charge >= 0.3 is 0 Å². The summed E-state index contributed by atoms with van der Waals surface area (Å²) in [4.78, 5) is 14.3. The highest BCUT2D eigenvalue weighted by atomic mass is 32.2. The molecule has 1 aliphatic rings. The third-order valence-electron chi connectivity index (χ3n) is 6.65. The molecule has 1 aliphatic carbocycles. The summed E-state index contributed by atoms with van der Waals surface area (Å²) in [5.74, 6) is 0. The van der Waals surface area contributed by atoms with E-state index in [4.69, 9.17) is 0 Å². The third-order valence-corrected chi connectivity index (χ3v) is 8.27. The van der Waals surface area contributed by atoms with Crippen molar-refractivity contribution in [2.45, 2.75) is 57.7 Å². The van der Waals surface area contributed by atoms with Crippen LogP contribution in [-0.4, -0.2) is 27.3 Å². The molecule has 4 rings (SSSR count). The fraction of sp³-hybridized carbons (Fsp3) is 0.321. The molecule has 0 amide bonds. The van der Waals surface area contributed by atoms with Crippen molar-refractivity contribution >= 4 is 26.6 Å². The molecular formula is C28H34N2O4S. The van der Waals surface area contributed by atoms with Gasteiger partial charge < -0.3 is 9.55 Å². The van der Waals surface area contributed by atoms with Gasteiger partial charge in [-0.25, -0.2) is 0 Å². The predicted octanol–water partition coefficient (Wildman–Crippen LogP) is 6.14. The van der Waals surface area contributed by atoms with E-state index in [2.05, 4.69) is 18.5 Å². The first-order chi connectivity index (χ1) is 16.6. The van der Waals surface area contributed by atoms with Crippen molar-refractivity contribution in [2.24, 2.45) is 0 Å². The molecule has 186 valence electrons. The molecule has 6 nitrogen and oxygen atoms in total. The third kappa shape index (κ3) is 5.92. The Kier molecular flexibility index (Phi) is 8.35. The largest absolute Gasteiger partial charge is 0.343 e. The average Bonchev–Trinajstić information content (AvgIpc) is 3.25. The number of nitrogens with zero attached hydrogens (tertiary/aromatic N) is 1. The molecule has 0 aliphatic heterocycles. The van der Waals surface area contributed by atoms with Crippen LogP contribution in [0.4, 0.5) is 0 Å². The first-order valence-corrected chi connectivity index (χ1v) is 13.3. The fourth-order valence-corrected chi connectivity index (χ4v) is 4.87. The van der Waals surface area contributed by atoms with Gasteiger partial charge in [-0.3, -0.25) is 9.35 Å². The van der Waals surface area contributed by atoms with Crippen LogP contribution in [0.2, 0.25) is 0 Å². The average molecular weight is 495 g/mol. The lowest BCUT2D eigenvalue weighted by molar-refractivity contribution is 0.447. The Labute approximate surface area is 207 Å². The maximum absolute atomic E-state index is 11.6. The van der Waals surface area contributed by atoms with Crippen LogP contribution in [0.1, 0.15) is 52.0 Å². The van der Waals surface area contributed by atoms with Crippen molar-refractivity contribution in [3.8, 4) is 0 Å². The first kappa shape index (κ1) is 26.4. The molecule has 3 aromatic rings. The summed E-state index contributed by atoms with van der Waals surface area (Å²) < 4.78 is 33.3. The van der Waals surface area contributed by atoms with Crippen LogP contribution in [0, 0.1) is 0 Å². The molecule has 0 fully saturated rings. The van der Waals surface area contributed by atoms with Crippen molar-refractivity contribution < 1.29 is 13.0 Å². The van der Waals surface area contributed by atoms with Crippen LogP contribution in [0.5, 0.6) is 0 Å². The molecule has 0 bridgehead atoms. The van der Waals surface area contributed by atoms with E-state index in [0.717, 1.165) is 40.6 Å². The van der Waals surface area contributed by atoms with Crippen LogP contribution < -0.4 is 5.56 Å². The van der Waals surface area contributed by atoms with Crippen LogP contribution in [0.25, 0.3) is 16.5 Å². The molecule has 2 heterocycles. The molecule has 0 saturated carbocycles.